The van der Waals surface area contributed by atoms with Crippen LogP contribution in [0, 0.1) is 3.57 Å². The molecule has 0 fully saturated rings. The fourth-order valence-corrected chi connectivity index (χ4v) is 1.64. The van der Waals surface area contributed by atoms with Crippen molar-refractivity contribution < 1.29 is 9.47 Å². The Morgan fingerprint density at radius 3 is 2.88 bits per heavy atom. The summed E-state index contributed by atoms with van der Waals surface area (Å²) in [5.41, 5.74) is 0. The zero-order valence-electron chi connectivity index (χ0n) is 9.49. The maximum Gasteiger partial charge on any atom is 0.142 e. The van der Waals surface area contributed by atoms with Crippen LogP contribution in [0.1, 0.15) is 5.82 Å². The normalized spacial score (nSPS) is 10.4. The lowest BCUT2D eigenvalue weighted by molar-refractivity contribution is 0.0716. The maximum absolute atomic E-state index is 5.35. The van der Waals surface area contributed by atoms with Gasteiger partial charge in [-0.25, -0.2) is 9.97 Å². The van der Waals surface area contributed by atoms with Crippen molar-refractivity contribution in [3.8, 4) is 0 Å². The molecule has 1 rings (SSSR count). The number of anilines is 1. The Morgan fingerprint density at radius 2 is 2.19 bits per heavy atom. The van der Waals surface area contributed by atoms with Crippen LogP contribution in [-0.4, -0.2) is 43.9 Å². The molecule has 1 N–H and O–H groups in total. The summed E-state index contributed by atoms with van der Waals surface area (Å²) in [5, 5.41) is 3.03. The van der Waals surface area contributed by atoms with Gasteiger partial charge in [-0.05, 0) is 22.6 Å². The van der Waals surface area contributed by atoms with E-state index in [-0.39, 0.29) is 0 Å². The highest BCUT2D eigenvalue weighted by atomic mass is 127. The van der Waals surface area contributed by atoms with E-state index in [2.05, 4.69) is 37.9 Å². The van der Waals surface area contributed by atoms with Crippen LogP contribution < -0.4 is 5.32 Å². The minimum Gasteiger partial charge on any atom is -0.382 e. The van der Waals surface area contributed by atoms with Crippen LogP contribution in [-0.2, 0) is 15.9 Å². The van der Waals surface area contributed by atoms with E-state index in [1.165, 1.54) is 0 Å². The second-order valence-electron chi connectivity index (χ2n) is 3.09. The molecule has 1 heterocycles. The number of nitrogens with one attached hydrogen (secondary N) is 1. The lowest BCUT2D eigenvalue weighted by Crippen LogP contribution is -2.08. The first-order valence-electron chi connectivity index (χ1n) is 5.03. The number of methoxy groups -OCH3 is 1. The number of hydrogen-bond acceptors (Lipinski definition) is 5. The van der Waals surface area contributed by atoms with Crippen molar-refractivity contribution in [2.45, 2.75) is 6.42 Å². The molecule has 6 heteroatoms. The molecule has 0 saturated heterocycles. The van der Waals surface area contributed by atoms with Crippen molar-refractivity contribution in [1.82, 2.24) is 9.97 Å². The van der Waals surface area contributed by atoms with Gasteiger partial charge < -0.3 is 14.8 Å². The summed E-state index contributed by atoms with van der Waals surface area (Å²) >= 11 is 2.20. The highest BCUT2D eigenvalue weighted by Crippen LogP contribution is 2.13. The minimum atomic E-state index is 0.611. The average molecular weight is 337 g/mol. The third kappa shape index (κ3) is 4.58. The molecular formula is C10H16IN3O2. The Labute approximate surface area is 109 Å². The van der Waals surface area contributed by atoms with Crippen LogP contribution >= 0.6 is 22.6 Å². The van der Waals surface area contributed by atoms with Crippen molar-refractivity contribution >= 4 is 28.4 Å². The number of aromatic nitrogens is 2. The summed E-state index contributed by atoms with van der Waals surface area (Å²) in [4.78, 5) is 8.60. The van der Waals surface area contributed by atoms with Crippen LogP contribution in [0.5, 0.6) is 0 Å². The van der Waals surface area contributed by atoms with Crippen LogP contribution in [0.25, 0.3) is 0 Å². The van der Waals surface area contributed by atoms with Gasteiger partial charge in [0.15, 0.2) is 0 Å². The molecule has 0 unspecified atom stereocenters. The van der Waals surface area contributed by atoms with Crippen molar-refractivity contribution in [3.05, 3.63) is 15.6 Å². The van der Waals surface area contributed by atoms with E-state index >= 15 is 0 Å². The number of rotatable bonds is 7. The molecule has 0 aliphatic rings. The van der Waals surface area contributed by atoms with E-state index in [1.54, 1.807) is 7.11 Å². The minimum absolute atomic E-state index is 0.611. The number of hydrogen-bond donors (Lipinski definition) is 1. The van der Waals surface area contributed by atoms with Gasteiger partial charge in [-0.15, -0.1) is 0 Å². The fraction of sp³-hybridized carbons (Fsp3) is 0.600. The van der Waals surface area contributed by atoms with E-state index in [1.807, 2.05) is 13.2 Å². The first-order chi connectivity index (χ1) is 7.77. The molecule has 0 aromatic carbocycles. The summed E-state index contributed by atoms with van der Waals surface area (Å²) in [7, 11) is 3.51. The van der Waals surface area contributed by atoms with Crippen molar-refractivity contribution in [1.29, 1.82) is 0 Å². The molecule has 5 nitrogen and oxygen atoms in total. The first kappa shape index (κ1) is 13.6. The lowest BCUT2D eigenvalue weighted by Gasteiger charge is -2.06. The van der Waals surface area contributed by atoms with Gasteiger partial charge in [-0.2, -0.15) is 0 Å². The van der Waals surface area contributed by atoms with Gasteiger partial charge in [0.2, 0.25) is 0 Å². The van der Waals surface area contributed by atoms with Gasteiger partial charge in [0.1, 0.15) is 11.6 Å². The van der Waals surface area contributed by atoms with E-state index in [0.29, 0.717) is 19.8 Å². The summed E-state index contributed by atoms with van der Waals surface area (Å²) in [5.74, 6) is 1.66. The predicted octanol–water partition coefficient (Wildman–Crippen LogP) is 1.33. The fourth-order valence-electron chi connectivity index (χ4n) is 1.11. The Bertz CT molecular complexity index is 323. The second kappa shape index (κ2) is 7.75. The maximum atomic E-state index is 5.35. The molecular weight excluding hydrogens is 321 g/mol. The van der Waals surface area contributed by atoms with Crippen LogP contribution in [0.3, 0.4) is 0 Å². The molecule has 0 spiro atoms. The number of halogens is 1. The second-order valence-corrected chi connectivity index (χ2v) is 4.25. The molecule has 0 aliphatic heterocycles. The Kier molecular flexibility index (Phi) is 6.58. The summed E-state index contributed by atoms with van der Waals surface area (Å²) < 4.78 is 11.3. The SMILES string of the molecule is CNc1nc(CCOCCOC)ncc1I. The highest BCUT2D eigenvalue weighted by Gasteiger charge is 2.02. The van der Waals surface area contributed by atoms with Crippen molar-refractivity contribution in [2.75, 3.05) is 39.3 Å². The van der Waals surface area contributed by atoms with Crippen LogP contribution in [0.4, 0.5) is 5.82 Å². The molecule has 0 amide bonds. The van der Waals surface area contributed by atoms with E-state index in [4.69, 9.17) is 9.47 Å². The molecule has 0 radical (unpaired) electrons. The van der Waals surface area contributed by atoms with Gasteiger partial charge in [0, 0.05) is 26.8 Å². The molecule has 0 aliphatic carbocycles. The zero-order valence-corrected chi connectivity index (χ0v) is 11.7. The molecule has 0 atom stereocenters. The van der Waals surface area contributed by atoms with Crippen molar-refractivity contribution in [2.24, 2.45) is 0 Å². The third-order valence-electron chi connectivity index (χ3n) is 1.93. The average Bonchev–Trinajstić information content (AvgIpc) is 2.31. The standard InChI is InChI=1S/C10H16IN3O2/c1-12-10-8(11)7-13-9(14-10)3-4-16-6-5-15-2/h7H,3-6H2,1-2H3,(H,12,13,14). The molecule has 0 bridgehead atoms. The molecule has 16 heavy (non-hydrogen) atoms. The Balaban J connectivity index is 2.36. The van der Waals surface area contributed by atoms with Crippen molar-refractivity contribution in [3.63, 3.8) is 0 Å². The summed E-state index contributed by atoms with van der Waals surface area (Å²) in [6, 6.07) is 0. The third-order valence-corrected chi connectivity index (χ3v) is 2.72. The summed E-state index contributed by atoms with van der Waals surface area (Å²) in [6.07, 6.45) is 2.53. The predicted molar refractivity (Wildman–Crippen MR) is 70.7 cm³/mol. The lowest BCUT2D eigenvalue weighted by atomic mass is 10.4. The van der Waals surface area contributed by atoms with Crippen LogP contribution in [0.15, 0.2) is 6.20 Å². The highest BCUT2D eigenvalue weighted by molar-refractivity contribution is 14.1. The number of ether oxygens (including phenoxy) is 2. The topological polar surface area (TPSA) is 56.3 Å². The van der Waals surface area contributed by atoms with Crippen LogP contribution in [0.2, 0.25) is 0 Å². The quantitative estimate of drug-likeness (QED) is 0.601. The largest absolute Gasteiger partial charge is 0.382 e. The van der Waals surface area contributed by atoms with Gasteiger partial charge in [0.25, 0.3) is 0 Å². The Morgan fingerprint density at radius 1 is 1.38 bits per heavy atom. The molecule has 90 valence electrons. The van der Waals surface area contributed by atoms with Gasteiger partial charge in [-0.1, -0.05) is 0 Å². The van der Waals surface area contributed by atoms with E-state index < -0.39 is 0 Å². The Hall–Kier alpha value is -0.470. The van der Waals surface area contributed by atoms with Gasteiger partial charge in [-0.3, -0.25) is 0 Å². The molecule has 1 aromatic heterocycles. The molecule has 0 saturated carbocycles. The first-order valence-corrected chi connectivity index (χ1v) is 6.11. The zero-order chi connectivity index (χ0) is 11.8. The smallest absolute Gasteiger partial charge is 0.142 e. The van der Waals surface area contributed by atoms with Gasteiger partial charge in [0.05, 0.1) is 23.4 Å². The van der Waals surface area contributed by atoms with E-state index in [9.17, 15) is 0 Å². The van der Waals surface area contributed by atoms with Gasteiger partial charge >= 0.3 is 0 Å². The monoisotopic (exact) mass is 337 g/mol. The molecule has 1 aromatic rings. The summed E-state index contributed by atoms with van der Waals surface area (Å²) in [6.45, 7) is 1.85. The van der Waals surface area contributed by atoms with E-state index in [0.717, 1.165) is 21.6 Å². The number of nitrogens with zero attached hydrogens (tertiary/aromatic N) is 2.